The van der Waals surface area contributed by atoms with Crippen molar-refractivity contribution in [2.24, 2.45) is 23.0 Å². The van der Waals surface area contributed by atoms with Crippen LogP contribution in [0.2, 0.25) is 0 Å². The summed E-state index contributed by atoms with van der Waals surface area (Å²) in [7, 11) is 0. The van der Waals surface area contributed by atoms with E-state index in [0.29, 0.717) is 6.42 Å². The zero-order valence-electron chi connectivity index (χ0n) is 18.8. The minimum absolute atomic E-state index is 0.102. The molecule has 0 fully saturated rings. The van der Waals surface area contributed by atoms with Crippen molar-refractivity contribution in [2.45, 2.75) is 86.0 Å². The van der Waals surface area contributed by atoms with E-state index in [4.69, 9.17) is 10.8 Å². The maximum atomic E-state index is 13.0. The Kier molecular flexibility index (Phi) is 10.3. The first-order valence-corrected chi connectivity index (χ1v) is 10.0. The molecule has 0 radical (unpaired) electrons. The quantitative estimate of drug-likeness (QED) is 0.353. The monoisotopic (exact) mass is 414 g/mol. The van der Waals surface area contributed by atoms with Gasteiger partial charge in [-0.15, -0.1) is 0 Å². The van der Waals surface area contributed by atoms with Gasteiger partial charge in [-0.05, 0) is 24.2 Å². The molecule has 0 unspecified atom stereocenters. The molecule has 0 aromatic carbocycles. The minimum atomic E-state index is -1.17. The number of nitrogens with one attached hydrogen (secondary N) is 3. The first-order chi connectivity index (χ1) is 13.1. The van der Waals surface area contributed by atoms with Gasteiger partial charge in [-0.2, -0.15) is 0 Å². The average molecular weight is 415 g/mol. The van der Waals surface area contributed by atoms with E-state index in [0.717, 1.165) is 0 Å². The molecule has 0 bridgehead atoms. The highest BCUT2D eigenvalue weighted by Gasteiger charge is 2.37. The molecule has 0 aliphatic carbocycles. The molecule has 9 nitrogen and oxygen atoms in total. The van der Waals surface area contributed by atoms with Crippen molar-refractivity contribution in [2.75, 3.05) is 0 Å². The zero-order chi connectivity index (χ0) is 23.1. The van der Waals surface area contributed by atoms with E-state index in [9.17, 15) is 19.2 Å². The van der Waals surface area contributed by atoms with Gasteiger partial charge >= 0.3 is 5.97 Å². The maximum absolute atomic E-state index is 13.0. The molecule has 5 atom stereocenters. The Labute approximate surface area is 173 Å². The molecule has 0 aromatic rings. The fourth-order valence-corrected chi connectivity index (χ4v) is 2.52. The number of aliphatic carboxylic acids is 1. The number of amides is 3. The fourth-order valence-electron chi connectivity index (χ4n) is 2.52. The summed E-state index contributed by atoms with van der Waals surface area (Å²) in [6.07, 6.45) is 0.588. The number of carbonyl (C=O) groups excluding carboxylic acids is 3. The van der Waals surface area contributed by atoms with Crippen LogP contribution < -0.4 is 21.7 Å². The SMILES string of the molecule is CC[C@H](C)[C@H](NC(=O)[C@@H](NC(=O)[C@@H](N)C(C)C)C(C)(C)C)C(=O)N[C@@H](C)C(=O)O. The van der Waals surface area contributed by atoms with Gasteiger partial charge in [-0.1, -0.05) is 54.9 Å². The Bertz CT molecular complexity index is 600. The van der Waals surface area contributed by atoms with Crippen LogP contribution in [0.4, 0.5) is 0 Å². The van der Waals surface area contributed by atoms with E-state index in [1.807, 2.05) is 20.8 Å². The molecule has 0 aliphatic rings. The highest BCUT2D eigenvalue weighted by Crippen LogP contribution is 2.21. The molecule has 0 rings (SSSR count). The predicted molar refractivity (Wildman–Crippen MR) is 111 cm³/mol. The Balaban J connectivity index is 5.55. The third-order valence-electron chi connectivity index (χ3n) is 4.96. The molecule has 168 valence electrons. The van der Waals surface area contributed by atoms with Gasteiger partial charge in [0.05, 0.1) is 6.04 Å². The summed E-state index contributed by atoms with van der Waals surface area (Å²) in [5.41, 5.74) is 5.25. The lowest BCUT2D eigenvalue weighted by molar-refractivity contribution is -0.142. The summed E-state index contributed by atoms with van der Waals surface area (Å²) in [4.78, 5) is 49.1. The van der Waals surface area contributed by atoms with E-state index in [1.54, 1.807) is 27.7 Å². The van der Waals surface area contributed by atoms with Crippen LogP contribution in [0.15, 0.2) is 0 Å². The summed E-state index contributed by atoms with van der Waals surface area (Å²) in [6.45, 7) is 14.0. The Morgan fingerprint density at radius 2 is 1.41 bits per heavy atom. The highest BCUT2D eigenvalue weighted by molar-refractivity contribution is 5.94. The van der Waals surface area contributed by atoms with E-state index < -0.39 is 53.3 Å². The van der Waals surface area contributed by atoms with Crippen molar-refractivity contribution in [1.29, 1.82) is 0 Å². The molecule has 0 spiro atoms. The van der Waals surface area contributed by atoms with Gasteiger partial charge in [0.2, 0.25) is 17.7 Å². The zero-order valence-corrected chi connectivity index (χ0v) is 18.8. The van der Waals surface area contributed by atoms with Gasteiger partial charge in [0.25, 0.3) is 0 Å². The summed E-state index contributed by atoms with van der Waals surface area (Å²) >= 11 is 0. The molecule has 6 N–H and O–H groups in total. The lowest BCUT2D eigenvalue weighted by Gasteiger charge is -2.34. The lowest BCUT2D eigenvalue weighted by Crippen LogP contribution is -2.61. The minimum Gasteiger partial charge on any atom is -0.480 e. The van der Waals surface area contributed by atoms with Crippen molar-refractivity contribution < 1.29 is 24.3 Å². The number of carboxylic acids is 1. The van der Waals surface area contributed by atoms with Crippen LogP contribution >= 0.6 is 0 Å². The molecular weight excluding hydrogens is 376 g/mol. The predicted octanol–water partition coefficient (Wildman–Crippen LogP) is 0.621. The number of nitrogens with two attached hydrogens (primary N) is 1. The van der Waals surface area contributed by atoms with Crippen molar-refractivity contribution >= 4 is 23.7 Å². The summed E-state index contributed by atoms with van der Waals surface area (Å²) in [6, 6.07) is -3.71. The van der Waals surface area contributed by atoms with Crippen molar-refractivity contribution in [3.8, 4) is 0 Å². The summed E-state index contributed by atoms with van der Waals surface area (Å²) < 4.78 is 0. The fraction of sp³-hybridized carbons (Fsp3) is 0.800. The van der Waals surface area contributed by atoms with Crippen LogP contribution in [0, 0.1) is 17.3 Å². The average Bonchev–Trinajstić information content (AvgIpc) is 2.60. The van der Waals surface area contributed by atoms with E-state index >= 15 is 0 Å². The molecule has 0 saturated heterocycles. The van der Waals surface area contributed by atoms with E-state index in [1.165, 1.54) is 6.92 Å². The van der Waals surface area contributed by atoms with Crippen LogP contribution in [0.1, 0.15) is 61.8 Å². The van der Waals surface area contributed by atoms with Crippen LogP contribution in [0.25, 0.3) is 0 Å². The van der Waals surface area contributed by atoms with Gasteiger partial charge in [-0.3, -0.25) is 19.2 Å². The first-order valence-electron chi connectivity index (χ1n) is 10.0. The molecule has 0 heterocycles. The van der Waals surface area contributed by atoms with Gasteiger partial charge in [0.1, 0.15) is 18.1 Å². The molecule has 0 aromatic heterocycles. The van der Waals surface area contributed by atoms with Gasteiger partial charge in [-0.25, -0.2) is 0 Å². The van der Waals surface area contributed by atoms with Gasteiger partial charge in [0, 0.05) is 0 Å². The Morgan fingerprint density at radius 3 is 1.79 bits per heavy atom. The van der Waals surface area contributed by atoms with E-state index in [-0.39, 0.29) is 11.8 Å². The standard InChI is InChI=1S/C20H38N4O5/c1-9-11(4)14(17(26)22-12(5)19(28)29)23-18(27)15(20(6,7)8)24-16(25)13(21)10(2)3/h10-15H,9,21H2,1-8H3,(H,22,26)(H,23,27)(H,24,25)(H,28,29)/t11-,12-,13-,14-,15+/m0/s1. The molecule has 0 aliphatic heterocycles. The Morgan fingerprint density at radius 1 is 0.897 bits per heavy atom. The van der Waals surface area contributed by atoms with Gasteiger partial charge in [0.15, 0.2) is 0 Å². The number of carbonyl (C=O) groups is 4. The Hall–Kier alpha value is -2.16. The second-order valence-corrected chi connectivity index (χ2v) is 9.02. The number of carboxylic acid groups (broad SMARTS) is 1. The lowest BCUT2D eigenvalue weighted by atomic mass is 9.85. The molecule has 29 heavy (non-hydrogen) atoms. The van der Waals surface area contributed by atoms with Crippen LogP contribution in [-0.2, 0) is 19.2 Å². The first kappa shape index (κ1) is 26.8. The summed E-state index contributed by atoms with van der Waals surface area (Å²) in [5, 5.41) is 16.8. The van der Waals surface area contributed by atoms with Gasteiger partial charge < -0.3 is 26.8 Å². The normalized spacial score (nSPS) is 16.9. The molecule has 3 amide bonds. The second kappa shape index (κ2) is 11.1. The number of hydrogen-bond acceptors (Lipinski definition) is 5. The smallest absolute Gasteiger partial charge is 0.325 e. The summed E-state index contributed by atoms with van der Waals surface area (Å²) in [5.74, 6) is -3.07. The molecule has 0 saturated carbocycles. The van der Waals surface area contributed by atoms with Crippen molar-refractivity contribution in [3.63, 3.8) is 0 Å². The molecule has 9 heteroatoms. The van der Waals surface area contributed by atoms with Crippen molar-refractivity contribution in [3.05, 3.63) is 0 Å². The molecular formula is C20H38N4O5. The van der Waals surface area contributed by atoms with Crippen LogP contribution in [0.5, 0.6) is 0 Å². The second-order valence-electron chi connectivity index (χ2n) is 9.02. The third kappa shape index (κ3) is 8.39. The topological polar surface area (TPSA) is 151 Å². The maximum Gasteiger partial charge on any atom is 0.325 e. The van der Waals surface area contributed by atoms with Crippen LogP contribution in [-0.4, -0.2) is 53.0 Å². The highest BCUT2D eigenvalue weighted by atomic mass is 16.4. The van der Waals surface area contributed by atoms with E-state index in [2.05, 4.69) is 16.0 Å². The number of rotatable bonds is 10. The third-order valence-corrected chi connectivity index (χ3v) is 4.96. The van der Waals surface area contributed by atoms with Crippen LogP contribution in [0.3, 0.4) is 0 Å². The largest absolute Gasteiger partial charge is 0.480 e. The number of hydrogen-bond donors (Lipinski definition) is 5. The van der Waals surface area contributed by atoms with Crippen molar-refractivity contribution in [1.82, 2.24) is 16.0 Å².